The standard InChI is InChI=1S/C14H28.2C2H6/c1-6-9-10-11-13(5)14(8-3)12(4)7-2;2*1-2/h6,9,12-14H,7-8,10-11H2,1-5H3;2*1-2H3/b9-6-;;. The summed E-state index contributed by atoms with van der Waals surface area (Å²) in [6, 6.07) is 0. The highest BCUT2D eigenvalue weighted by Gasteiger charge is 2.19. The smallest absolute Gasteiger partial charge is 0.0348 e. The molecule has 0 amide bonds. The van der Waals surface area contributed by atoms with Crippen LogP contribution >= 0.6 is 0 Å². The molecule has 112 valence electrons. The highest BCUT2D eigenvalue weighted by atomic mass is 14.2. The Kier molecular flexibility index (Phi) is 24.3. The summed E-state index contributed by atoms with van der Waals surface area (Å²) in [4.78, 5) is 0. The zero-order valence-corrected chi connectivity index (χ0v) is 14.7. The predicted octanol–water partition coefficient (Wildman–Crippen LogP) is 7.10. The molecule has 0 saturated heterocycles. The van der Waals surface area contributed by atoms with Gasteiger partial charge in [-0.3, -0.25) is 0 Å². The highest BCUT2D eigenvalue weighted by Crippen LogP contribution is 2.29. The van der Waals surface area contributed by atoms with Gasteiger partial charge in [0.1, 0.15) is 0 Å². The van der Waals surface area contributed by atoms with Gasteiger partial charge in [-0.05, 0) is 37.5 Å². The molecule has 0 spiro atoms. The Morgan fingerprint density at radius 3 is 1.67 bits per heavy atom. The summed E-state index contributed by atoms with van der Waals surface area (Å²) in [5.74, 6) is 2.69. The average molecular weight is 257 g/mol. The minimum Gasteiger partial charge on any atom is -0.0917 e. The Balaban J connectivity index is -0.000000506. The summed E-state index contributed by atoms with van der Waals surface area (Å²) in [5, 5.41) is 0. The van der Waals surface area contributed by atoms with E-state index in [1.165, 1.54) is 25.7 Å². The van der Waals surface area contributed by atoms with Crippen molar-refractivity contribution in [3.63, 3.8) is 0 Å². The van der Waals surface area contributed by atoms with Crippen molar-refractivity contribution in [1.29, 1.82) is 0 Å². The van der Waals surface area contributed by atoms with E-state index >= 15 is 0 Å². The van der Waals surface area contributed by atoms with Gasteiger partial charge in [0.2, 0.25) is 0 Å². The van der Waals surface area contributed by atoms with E-state index in [-0.39, 0.29) is 0 Å². The zero-order valence-electron chi connectivity index (χ0n) is 14.7. The van der Waals surface area contributed by atoms with E-state index in [0.717, 1.165) is 17.8 Å². The van der Waals surface area contributed by atoms with Crippen molar-refractivity contribution in [2.24, 2.45) is 17.8 Å². The quantitative estimate of drug-likeness (QED) is 0.426. The van der Waals surface area contributed by atoms with Crippen LogP contribution in [0, 0.1) is 17.8 Å². The molecule has 0 radical (unpaired) electrons. The largest absolute Gasteiger partial charge is 0.0917 e. The molecular formula is C18H40. The van der Waals surface area contributed by atoms with E-state index in [2.05, 4.69) is 46.8 Å². The van der Waals surface area contributed by atoms with Gasteiger partial charge in [0.05, 0.1) is 0 Å². The van der Waals surface area contributed by atoms with Crippen molar-refractivity contribution in [3.05, 3.63) is 12.2 Å². The fraction of sp³-hybridized carbons (Fsp3) is 0.889. The second-order valence-electron chi connectivity index (χ2n) is 4.58. The lowest BCUT2D eigenvalue weighted by atomic mass is 9.78. The van der Waals surface area contributed by atoms with Gasteiger partial charge >= 0.3 is 0 Å². The van der Waals surface area contributed by atoms with Crippen LogP contribution in [0.5, 0.6) is 0 Å². The van der Waals surface area contributed by atoms with E-state index in [1.54, 1.807) is 0 Å². The van der Waals surface area contributed by atoms with E-state index in [4.69, 9.17) is 0 Å². The number of hydrogen-bond acceptors (Lipinski definition) is 0. The molecule has 0 heterocycles. The Morgan fingerprint density at radius 1 is 0.833 bits per heavy atom. The molecule has 3 atom stereocenters. The van der Waals surface area contributed by atoms with Crippen molar-refractivity contribution in [1.82, 2.24) is 0 Å². The zero-order chi connectivity index (χ0) is 15.0. The molecular weight excluding hydrogens is 216 g/mol. The maximum atomic E-state index is 2.42. The highest BCUT2D eigenvalue weighted by molar-refractivity contribution is 4.79. The van der Waals surface area contributed by atoms with Crippen LogP contribution in [-0.4, -0.2) is 0 Å². The third kappa shape index (κ3) is 12.2. The lowest BCUT2D eigenvalue weighted by Gasteiger charge is -2.27. The topological polar surface area (TPSA) is 0 Å². The lowest BCUT2D eigenvalue weighted by molar-refractivity contribution is 0.231. The minimum atomic E-state index is 0.881. The van der Waals surface area contributed by atoms with Crippen LogP contribution < -0.4 is 0 Å². The molecule has 0 aromatic heterocycles. The first-order valence-electron chi connectivity index (χ1n) is 8.28. The van der Waals surface area contributed by atoms with Crippen LogP contribution in [0.1, 0.15) is 88.0 Å². The second-order valence-corrected chi connectivity index (χ2v) is 4.58. The number of rotatable bonds is 7. The molecule has 0 aliphatic carbocycles. The molecule has 0 aromatic rings. The molecule has 0 nitrogen and oxygen atoms in total. The molecule has 0 heteroatoms. The van der Waals surface area contributed by atoms with Crippen LogP contribution in [0.2, 0.25) is 0 Å². The second kappa shape index (κ2) is 19.1. The molecule has 18 heavy (non-hydrogen) atoms. The third-order valence-corrected chi connectivity index (χ3v) is 3.60. The summed E-state index contributed by atoms with van der Waals surface area (Å²) in [6.07, 6.45) is 9.73. The van der Waals surface area contributed by atoms with Crippen molar-refractivity contribution in [2.45, 2.75) is 88.0 Å². The van der Waals surface area contributed by atoms with E-state index in [1.807, 2.05) is 27.7 Å². The summed E-state index contributed by atoms with van der Waals surface area (Å²) >= 11 is 0. The van der Waals surface area contributed by atoms with Gasteiger partial charge in [-0.2, -0.15) is 0 Å². The summed E-state index contributed by atoms with van der Waals surface area (Å²) < 4.78 is 0. The first-order valence-corrected chi connectivity index (χ1v) is 8.28. The van der Waals surface area contributed by atoms with Gasteiger partial charge in [-0.15, -0.1) is 0 Å². The van der Waals surface area contributed by atoms with E-state index in [0.29, 0.717) is 0 Å². The molecule has 0 fully saturated rings. The minimum absolute atomic E-state index is 0.881. The Labute approximate surface area is 118 Å². The molecule has 3 unspecified atom stereocenters. The van der Waals surface area contributed by atoms with Gasteiger partial charge < -0.3 is 0 Å². The summed E-state index contributed by atoms with van der Waals surface area (Å²) in [7, 11) is 0. The molecule has 0 bridgehead atoms. The normalized spacial score (nSPS) is 14.9. The fourth-order valence-corrected chi connectivity index (χ4v) is 2.41. The summed E-state index contributed by atoms with van der Waals surface area (Å²) in [5.41, 5.74) is 0. The SMILES string of the molecule is C/C=C\CCC(C)C(CC)C(C)CC.CC.CC. The van der Waals surface area contributed by atoms with Gasteiger partial charge in [0, 0.05) is 0 Å². The van der Waals surface area contributed by atoms with Crippen molar-refractivity contribution < 1.29 is 0 Å². The molecule has 0 aromatic carbocycles. The molecule has 0 rings (SSSR count). The average Bonchev–Trinajstić information content (AvgIpc) is 2.44. The van der Waals surface area contributed by atoms with E-state index in [9.17, 15) is 0 Å². The van der Waals surface area contributed by atoms with Crippen molar-refractivity contribution in [3.8, 4) is 0 Å². The Morgan fingerprint density at radius 2 is 1.33 bits per heavy atom. The van der Waals surface area contributed by atoms with Crippen LogP contribution in [0.25, 0.3) is 0 Å². The van der Waals surface area contributed by atoms with Gasteiger partial charge in [-0.1, -0.05) is 80.4 Å². The predicted molar refractivity (Wildman–Crippen MR) is 89.1 cm³/mol. The molecule has 0 aliphatic heterocycles. The van der Waals surface area contributed by atoms with Crippen molar-refractivity contribution in [2.75, 3.05) is 0 Å². The van der Waals surface area contributed by atoms with Crippen molar-refractivity contribution >= 4 is 0 Å². The third-order valence-electron chi connectivity index (χ3n) is 3.60. The number of allylic oxidation sites excluding steroid dienone is 2. The molecule has 0 saturated carbocycles. The fourth-order valence-electron chi connectivity index (χ4n) is 2.41. The van der Waals surface area contributed by atoms with Crippen LogP contribution in [-0.2, 0) is 0 Å². The van der Waals surface area contributed by atoms with Gasteiger partial charge in [0.25, 0.3) is 0 Å². The number of hydrogen-bond donors (Lipinski definition) is 0. The summed E-state index contributed by atoms with van der Waals surface area (Å²) in [6.45, 7) is 19.6. The van der Waals surface area contributed by atoms with Gasteiger partial charge in [-0.25, -0.2) is 0 Å². The maximum absolute atomic E-state index is 2.42. The molecule has 0 aliphatic rings. The molecule has 0 N–H and O–H groups in total. The Hall–Kier alpha value is -0.260. The first-order chi connectivity index (χ1) is 8.67. The lowest BCUT2D eigenvalue weighted by Crippen LogP contribution is -2.18. The van der Waals surface area contributed by atoms with Crippen LogP contribution in [0.15, 0.2) is 12.2 Å². The van der Waals surface area contributed by atoms with Gasteiger partial charge in [0.15, 0.2) is 0 Å². The maximum Gasteiger partial charge on any atom is -0.0348 e. The Bertz CT molecular complexity index is 146. The first kappa shape index (κ1) is 22.9. The monoisotopic (exact) mass is 256 g/mol. The van der Waals surface area contributed by atoms with E-state index < -0.39 is 0 Å². The van der Waals surface area contributed by atoms with Crippen LogP contribution in [0.4, 0.5) is 0 Å². The van der Waals surface area contributed by atoms with Crippen LogP contribution in [0.3, 0.4) is 0 Å².